The molecule has 2 N–H and O–H groups in total. The van der Waals surface area contributed by atoms with E-state index >= 15 is 0 Å². The number of aliphatic carboxylic acids is 1. The van der Waals surface area contributed by atoms with Gasteiger partial charge >= 0.3 is 5.97 Å². The van der Waals surface area contributed by atoms with Crippen LogP contribution < -0.4 is 5.32 Å². The number of aromatic nitrogens is 1. The molecule has 1 aromatic heterocycles. The summed E-state index contributed by atoms with van der Waals surface area (Å²) in [6.45, 7) is 2.38. The van der Waals surface area contributed by atoms with Crippen molar-refractivity contribution in [3.8, 4) is 6.07 Å². The lowest BCUT2D eigenvalue weighted by molar-refractivity contribution is -0.137. The van der Waals surface area contributed by atoms with Crippen molar-refractivity contribution in [3.05, 3.63) is 23.5 Å². The highest BCUT2D eigenvalue weighted by atomic mass is 16.4. The summed E-state index contributed by atoms with van der Waals surface area (Å²) in [5, 5.41) is 20.2. The molecule has 0 radical (unpaired) electrons. The fraction of sp³-hybridized carbons (Fsp3) is 0.364. The largest absolute Gasteiger partial charge is 0.481 e. The fourth-order valence-electron chi connectivity index (χ4n) is 1.30. The van der Waals surface area contributed by atoms with Gasteiger partial charge in [0.2, 0.25) is 0 Å². The van der Waals surface area contributed by atoms with Crippen molar-refractivity contribution < 1.29 is 9.90 Å². The molecule has 0 spiro atoms. The van der Waals surface area contributed by atoms with E-state index in [1.54, 1.807) is 6.07 Å². The highest BCUT2D eigenvalue weighted by molar-refractivity contribution is 5.66. The van der Waals surface area contributed by atoms with Crippen molar-refractivity contribution in [1.82, 2.24) is 4.98 Å². The number of nitriles is 1. The Bertz CT molecular complexity index is 424. The van der Waals surface area contributed by atoms with Crippen LogP contribution in [0.4, 0.5) is 5.69 Å². The molecule has 0 aliphatic carbocycles. The molecule has 0 saturated heterocycles. The minimum atomic E-state index is -0.801. The molecule has 5 nitrogen and oxygen atoms in total. The fourth-order valence-corrected chi connectivity index (χ4v) is 1.30. The van der Waals surface area contributed by atoms with Crippen LogP contribution in [0.1, 0.15) is 24.2 Å². The lowest BCUT2D eigenvalue weighted by atomic mass is 10.2. The quantitative estimate of drug-likeness (QED) is 0.733. The SMILES string of the molecule is Cc1cc(NCCCC(=O)O)cc(C#N)n1. The van der Waals surface area contributed by atoms with Crippen LogP contribution in [0.5, 0.6) is 0 Å². The first-order valence-corrected chi connectivity index (χ1v) is 4.96. The molecule has 0 fully saturated rings. The maximum absolute atomic E-state index is 10.3. The van der Waals surface area contributed by atoms with Gasteiger partial charge in [0.15, 0.2) is 0 Å². The number of hydrogen-bond donors (Lipinski definition) is 2. The molecular weight excluding hydrogens is 206 g/mol. The van der Waals surface area contributed by atoms with Crippen LogP contribution in [0.15, 0.2) is 12.1 Å². The smallest absolute Gasteiger partial charge is 0.303 e. The van der Waals surface area contributed by atoms with Crippen LogP contribution in [-0.2, 0) is 4.79 Å². The molecule has 1 rings (SSSR count). The number of carboxylic acid groups (broad SMARTS) is 1. The van der Waals surface area contributed by atoms with Crippen molar-refractivity contribution >= 4 is 11.7 Å². The second-order valence-corrected chi connectivity index (χ2v) is 3.42. The third-order valence-electron chi connectivity index (χ3n) is 1.96. The third-order valence-corrected chi connectivity index (χ3v) is 1.96. The van der Waals surface area contributed by atoms with Crippen LogP contribution >= 0.6 is 0 Å². The number of rotatable bonds is 5. The minimum absolute atomic E-state index is 0.141. The average Bonchev–Trinajstić information content (AvgIpc) is 2.23. The highest BCUT2D eigenvalue weighted by Crippen LogP contribution is 2.10. The molecule has 5 heteroatoms. The molecular formula is C11H13N3O2. The number of anilines is 1. The number of nitrogens with zero attached hydrogens (tertiary/aromatic N) is 2. The van der Waals surface area contributed by atoms with E-state index in [1.807, 2.05) is 19.1 Å². The number of carbonyl (C=O) groups is 1. The molecule has 84 valence electrons. The van der Waals surface area contributed by atoms with Crippen molar-refractivity contribution in [2.75, 3.05) is 11.9 Å². The van der Waals surface area contributed by atoms with Gasteiger partial charge in [-0.3, -0.25) is 4.79 Å². The maximum atomic E-state index is 10.3. The van der Waals surface area contributed by atoms with E-state index in [1.165, 1.54) is 0 Å². The monoisotopic (exact) mass is 219 g/mol. The van der Waals surface area contributed by atoms with Crippen molar-refractivity contribution in [2.45, 2.75) is 19.8 Å². The minimum Gasteiger partial charge on any atom is -0.481 e. The Balaban J connectivity index is 2.51. The van der Waals surface area contributed by atoms with Gasteiger partial charge in [-0.25, -0.2) is 4.98 Å². The Morgan fingerprint density at radius 1 is 1.62 bits per heavy atom. The zero-order valence-corrected chi connectivity index (χ0v) is 9.03. The first kappa shape index (κ1) is 12.0. The molecule has 0 atom stereocenters. The maximum Gasteiger partial charge on any atom is 0.303 e. The first-order valence-electron chi connectivity index (χ1n) is 4.96. The Kier molecular flexibility index (Phi) is 4.28. The molecule has 0 bridgehead atoms. The summed E-state index contributed by atoms with van der Waals surface area (Å²) in [5.41, 5.74) is 1.93. The zero-order chi connectivity index (χ0) is 12.0. The number of pyridine rings is 1. The lowest BCUT2D eigenvalue weighted by Crippen LogP contribution is -2.05. The van der Waals surface area contributed by atoms with Gasteiger partial charge < -0.3 is 10.4 Å². The topological polar surface area (TPSA) is 86.0 Å². The Hall–Kier alpha value is -2.09. The summed E-state index contributed by atoms with van der Waals surface area (Å²) in [7, 11) is 0. The van der Waals surface area contributed by atoms with Crippen LogP contribution in [0.25, 0.3) is 0 Å². The highest BCUT2D eigenvalue weighted by Gasteiger charge is 2.00. The summed E-state index contributed by atoms with van der Waals surface area (Å²) < 4.78 is 0. The van der Waals surface area contributed by atoms with E-state index in [2.05, 4.69) is 10.3 Å². The number of hydrogen-bond acceptors (Lipinski definition) is 4. The van der Waals surface area contributed by atoms with Gasteiger partial charge in [-0.05, 0) is 25.5 Å². The summed E-state index contributed by atoms with van der Waals surface area (Å²) in [4.78, 5) is 14.3. The van der Waals surface area contributed by atoms with Crippen LogP contribution in [0.2, 0.25) is 0 Å². The second-order valence-electron chi connectivity index (χ2n) is 3.42. The van der Waals surface area contributed by atoms with Gasteiger partial charge in [-0.2, -0.15) is 5.26 Å². The molecule has 0 saturated carbocycles. The van der Waals surface area contributed by atoms with Gasteiger partial charge in [-0.1, -0.05) is 0 Å². The standard InChI is InChI=1S/C11H13N3O2/c1-8-5-9(6-10(7-12)14-8)13-4-2-3-11(15)16/h5-6H,2-4H2,1H3,(H,13,14)(H,15,16). The zero-order valence-electron chi connectivity index (χ0n) is 9.03. The predicted molar refractivity (Wildman–Crippen MR) is 59.0 cm³/mol. The molecule has 0 aliphatic heterocycles. The Morgan fingerprint density at radius 3 is 3.00 bits per heavy atom. The van der Waals surface area contributed by atoms with E-state index in [0.717, 1.165) is 11.4 Å². The molecule has 1 heterocycles. The summed E-state index contributed by atoms with van der Waals surface area (Å²) in [5.74, 6) is -0.801. The summed E-state index contributed by atoms with van der Waals surface area (Å²) in [6.07, 6.45) is 0.695. The van der Waals surface area contributed by atoms with Gasteiger partial charge in [0.05, 0.1) is 0 Å². The summed E-state index contributed by atoms with van der Waals surface area (Å²) >= 11 is 0. The van der Waals surface area contributed by atoms with E-state index in [-0.39, 0.29) is 6.42 Å². The van der Waals surface area contributed by atoms with Crippen LogP contribution in [0.3, 0.4) is 0 Å². The molecule has 0 unspecified atom stereocenters. The van der Waals surface area contributed by atoms with E-state index < -0.39 is 5.97 Å². The van der Waals surface area contributed by atoms with Gasteiger partial charge in [0.25, 0.3) is 0 Å². The Labute approximate surface area is 93.7 Å². The van der Waals surface area contributed by atoms with Crippen molar-refractivity contribution in [1.29, 1.82) is 5.26 Å². The average molecular weight is 219 g/mol. The van der Waals surface area contributed by atoms with Gasteiger partial charge in [0.1, 0.15) is 11.8 Å². The van der Waals surface area contributed by atoms with Crippen molar-refractivity contribution in [2.24, 2.45) is 0 Å². The van der Waals surface area contributed by atoms with E-state index in [9.17, 15) is 4.79 Å². The number of nitrogens with one attached hydrogen (secondary N) is 1. The molecule has 1 aromatic rings. The molecule has 0 amide bonds. The summed E-state index contributed by atoms with van der Waals surface area (Å²) in [6, 6.07) is 5.44. The lowest BCUT2D eigenvalue weighted by Gasteiger charge is -2.06. The third kappa shape index (κ3) is 3.96. The van der Waals surface area contributed by atoms with Crippen LogP contribution in [0, 0.1) is 18.3 Å². The normalized spacial score (nSPS) is 9.50. The van der Waals surface area contributed by atoms with E-state index in [0.29, 0.717) is 18.7 Å². The Morgan fingerprint density at radius 2 is 2.38 bits per heavy atom. The molecule has 0 aromatic carbocycles. The molecule has 16 heavy (non-hydrogen) atoms. The van der Waals surface area contributed by atoms with Gasteiger partial charge in [-0.15, -0.1) is 0 Å². The van der Waals surface area contributed by atoms with E-state index in [4.69, 9.17) is 10.4 Å². The van der Waals surface area contributed by atoms with Crippen LogP contribution in [-0.4, -0.2) is 22.6 Å². The molecule has 0 aliphatic rings. The second kappa shape index (κ2) is 5.71. The number of carboxylic acids is 1. The van der Waals surface area contributed by atoms with Crippen molar-refractivity contribution in [3.63, 3.8) is 0 Å². The predicted octanol–water partition coefficient (Wildman–Crippen LogP) is 1.54. The first-order chi connectivity index (χ1) is 7.61. The number of aryl methyl sites for hydroxylation is 1. The van der Waals surface area contributed by atoms with Gasteiger partial charge in [0, 0.05) is 24.3 Å².